The Morgan fingerprint density at radius 1 is 1.12 bits per heavy atom. The van der Waals surface area contributed by atoms with Crippen molar-refractivity contribution in [2.24, 2.45) is 4.99 Å². The zero-order chi connectivity index (χ0) is 22.9. The summed E-state index contributed by atoms with van der Waals surface area (Å²) in [5, 5.41) is 5.11. The summed E-state index contributed by atoms with van der Waals surface area (Å²) in [6.07, 6.45) is 5.58. The number of carbonyl (C=O) groups excluding carboxylic acids is 1. The number of fused-ring (bicyclic) bond motifs is 1. The normalized spacial score (nSPS) is 22.4. The van der Waals surface area contributed by atoms with E-state index in [1.165, 1.54) is 23.1 Å². The maximum atomic E-state index is 13.9. The Morgan fingerprint density at radius 3 is 2.67 bits per heavy atom. The van der Waals surface area contributed by atoms with Gasteiger partial charge in [-0.15, -0.1) is 0 Å². The molecule has 2 aromatic carbocycles. The molecule has 2 fully saturated rings. The van der Waals surface area contributed by atoms with Crippen LogP contribution in [0.15, 0.2) is 62.3 Å². The van der Waals surface area contributed by atoms with E-state index < -0.39 is 0 Å². The summed E-state index contributed by atoms with van der Waals surface area (Å²) in [6.45, 7) is 2.85. The molecule has 3 aliphatic rings. The molecule has 1 amide bonds. The van der Waals surface area contributed by atoms with Crippen LogP contribution in [0.1, 0.15) is 39.0 Å². The number of nitrogen functional groups attached to an aromatic ring is 1. The fourth-order valence-electron chi connectivity index (χ4n) is 4.64. The van der Waals surface area contributed by atoms with Gasteiger partial charge in [0, 0.05) is 30.2 Å². The second-order valence-corrected chi connectivity index (χ2v) is 10.5. The Labute approximate surface area is 203 Å². The molecule has 0 radical (unpaired) electrons. The Morgan fingerprint density at radius 2 is 1.91 bits per heavy atom. The van der Waals surface area contributed by atoms with Gasteiger partial charge in [-0.3, -0.25) is 9.69 Å². The molecule has 2 aromatic rings. The number of rotatable bonds is 4. The van der Waals surface area contributed by atoms with Crippen molar-refractivity contribution in [2.45, 2.75) is 50.0 Å². The van der Waals surface area contributed by atoms with E-state index in [9.17, 15) is 4.79 Å². The van der Waals surface area contributed by atoms with E-state index in [0.717, 1.165) is 64.4 Å². The molecule has 1 saturated carbocycles. The van der Waals surface area contributed by atoms with Crippen molar-refractivity contribution in [1.29, 1.82) is 0 Å². The highest BCUT2D eigenvalue weighted by atomic mass is 32.2. The van der Waals surface area contributed by atoms with Crippen molar-refractivity contribution < 1.29 is 4.79 Å². The van der Waals surface area contributed by atoms with Gasteiger partial charge < -0.3 is 16.0 Å². The van der Waals surface area contributed by atoms with Crippen molar-refractivity contribution in [3.8, 4) is 0 Å². The minimum absolute atomic E-state index is 0.0710. The number of nitrogens with zero attached hydrogens (tertiary/aromatic N) is 3. The summed E-state index contributed by atoms with van der Waals surface area (Å²) in [7, 11) is 2.04. The van der Waals surface area contributed by atoms with E-state index in [1.54, 1.807) is 11.8 Å². The molecule has 3 N–H and O–H groups in total. The number of nitrogens with two attached hydrogens (primary N) is 1. The van der Waals surface area contributed by atoms with Crippen molar-refractivity contribution in [2.75, 3.05) is 29.5 Å². The second kappa shape index (κ2) is 9.35. The lowest BCUT2D eigenvalue weighted by Crippen LogP contribution is -2.40. The van der Waals surface area contributed by atoms with Crippen LogP contribution in [0.3, 0.4) is 0 Å². The highest BCUT2D eigenvalue weighted by Crippen LogP contribution is 2.50. The molecule has 2 heterocycles. The molecule has 0 aromatic heterocycles. The van der Waals surface area contributed by atoms with E-state index in [2.05, 4.69) is 29.3 Å². The van der Waals surface area contributed by atoms with Gasteiger partial charge in [0.2, 0.25) is 0 Å². The largest absolute Gasteiger partial charge is 0.399 e. The average Bonchev–Trinajstić information content (AvgIpc) is 3.32. The van der Waals surface area contributed by atoms with Crippen molar-refractivity contribution in [3.63, 3.8) is 0 Å². The topological polar surface area (TPSA) is 74.0 Å². The van der Waals surface area contributed by atoms with Gasteiger partial charge in [0.1, 0.15) is 4.91 Å². The monoisotopic (exact) mass is 479 g/mol. The molecule has 0 atom stereocenters. The van der Waals surface area contributed by atoms with Gasteiger partial charge >= 0.3 is 0 Å². The number of hydrogen-bond donors (Lipinski definition) is 2. The second-order valence-electron chi connectivity index (χ2n) is 8.53. The van der Waals surface area contributed by atoms with Gasteiger partial charge in [-0.05, 0) is 61.9 Å². The van der Waals surface area contributed by atoms with E-state index in [1.807, 2.05) is 42.3 Å². The Hall–Kier alpha value is -2.58. The van der Waals surface area contributed by atoms with Crippen LogP contribution in [-0.4, -0.2) is 35.6 Å². The molecule has 0 unspecified atom stereocenters. The summed E-state index contributed by atoms with van der Waals surface area (Å²) in [4.78, 5) is 24.9. The van der Waals surface area contributed by atoms with Crippen LogP contribution in [0.5, 0.6) is 0 Å². The van der Waals surface area contributed by atoms with Gasteiger partial charge in [0.05, 0.1) is 22.1 Å². The molecule has 0 spiro atoms. The van der Waals surface area contributed by atoms with Crippen LogP contribution >= 0.6 is 23.5 Å². The lowest BCUT2D eigenvalue weighted by Gasteiger charge is -2.30. The number of nitrogens with one attached hydrogen (secondary N) is 1. The highest BCUT2D eigenvalue weighted by Gasteiger charge is 2.42. The van der Waals surface area contributed by atoms with Crippen LogP contribution in [0, 0.1) is 0 Å². The van der Waals surface area contributed by atoms with Crippen molar-refractivity contribution in [1.82, 2.24) is 4.90 Å². The maximum Gasteiger partial charge on any atom is 0.269 e. The third-order valence-electron chi connectivity index (χ3n) is 6.29. The third kappa shape index (κ3) is 4.22. The summed E-state index contributed by atoms with van der Waals surface area (Å²) in [5.74, 6) is 0.0710. The number of anilines is 3. The van der Waals surface area contributed by atoms with Crippen LogP contribution in [0.25, 0.3) is 0 Å². The molecule has 2 aliphatic heterocycles. The number of para-hydroxylation sites is 1. The Kier molecular flexibility index (Phi) is 6.29. The molecular formula is C25H29N5OS2. The van der Waals surface area contributed by atoms with Crippen molar-refractivity contribution in [3.05, 3.63) is 52.4 Å². The number of aliphatic imine (C=N–C) groups is 1. The predicted molar refractivity (Wildman–Crippen MR) is 141 cm³/mol. The third-order valence-corrected chi connectivity index (χ3v) is 8.70. The van der Waals surface area contributed by atoms with Crippen LogP contribution in [0.2, 0.25) is 0 Å². The first kappa shape index (κ1) is 22.2. The van der Waals surface area contributed by atoms with E-state index in [0.29, 0.717) is 5.69 Å². The molecule has 6 nitrogen and oxygen atoms in total. The van der Waals surface area contributed by atoms with E-state index in [4.69, 9.17) is 10.7 Å². The standard InChI is InChI=1S/C25H29N5OS2/c1-3-27-18-14-13-16(26)15-19(18)28-25-30(17-9-5-4-6-10-17)23(31)22(33-25)24-29(2)20-11-7-8-12-21(20)32-24/h7-8,11-15,17,27H,3-6,9-10,26H2,1-2H3/b24-22-,28-25?. The molecule has 172 valence electrons. The predicted octanol–water partition coefficient (Wildman–Crippen LogP) is 6.01. The number of thioether (sulfide) groups is 2. The molecular weight excluding hydrogens is 450 g/mol. The lowest BCUT2D eigenvalue weighted by atomic mass is 9.94. The molecule has 0 bridgehead atoms. The number of hydrogen-bond acceptors (Lipinski definition) is 7. The minimum Gasteiger partial charge on any atom is -0.399 e. The maximum absolute atomic E-state index is 13.9. The van der Waals surface area contributed by atoms with Gasteiger partial charge in [-0.2, -0.15) is 0 Å². The summed E-state index contributed by atoms with van der Waals surface area (Å²) in [6, 6.07) is 14.2. The zero-order valence-electron chi connectivity index (χ0n) is 19.0. The SMILES string of the molecule is CCNc1ccc(N)cc1N=C1S/C(=C2\Sc3ccccc3N2C)C(=O)N1C1CCCCC1. The van der Waals surface area contributed by atoms with E-state index >= 15 is 0 Å². The summed E-state index contributed by atoms with van der Waals surface area (Å²) in [5.41, 5.74) is 9.59. The first-order valence-corrected chi connectivity index (χ1v) is 13.2. The van der Waals surface area contributed by atoms with Gasteiger partial charge in [0.25, 0.3) is 5.91 Å². The Bertz CT molecular complexity index is 1140. The van der Waals surface area contributed by atoms with Crippen LogP contribution in [-0.2, 0) is 4.79 Å². The number of benzene rings is 2. The first-order chi connectivity index (χ1) is 16.1. The first-order valence-electron chi connectivity index (χ1n) is 11.5. The Balaban J connectivity index is 1.58. The number of amidine groups is 1. The lowest BCUT2D eigenvalue weighted by molar-refractivity contribution is -0.124. The quantitative estimate of drug-likeness (QED) is 0.413. The number of amides is 1. The van der Waals surface area contributed by atoms with Gasteiger partial charge in [0.15, 0.2) is 5.17 Å². The minimum atomic E-state index is 0.0710. The van der Waals surface area contributed by atoms with Crippen LogP contribution < -0.4 is 16.0 Å². The number of carbonyl (C=O) groups is 1. The summed E-state index contributed by atoms with van der Waals surface area (Å²) < 4.78 is 0. The fraction of sp³-hybridized carbons (Fsp3) is 0.360. The molecule has 1 aliphatic carbocycles. The van der Waals surface area contributed by atoms with E-state index in [-0.39, 0.29) is 11.9 Å². The smallest absolute Gasteiger partial charge is 0.269 e. The van der Waals surface area contributed by atoms with Crippen LogP contribution in [0.4, 0.5) is 22.7 Å². The molecule has 1 saturated heterocycles. The highest BCUT2D eigenvalue weighted by molar-refractivity contribution is 8.19. The molecule has 8 heteroatoms. The molecule has 5 rings (SSSR count). The van der Waals surface area contributed by atoms with Gasteiger partial charge in [-0.1, -0.05) is 43.2 Å². The molecule has 33 heavy (non-hydrogen) atoms. The van der Waals surface area contributed by atoms with Crippen molar-refractivity contribution >= 4 is 57.3 Å². The van der Waals surface area contributed by atoms with Gasteiger partial charge in [-0.25, -0.2) is 4.99 Å². The fourth-order valence-corrected chi connectivity index (χ4v) is 7.04. The zero-order valence-corrected chi connectivity index (χ0v) is 20.6. The summed E-state index contributed by atoms with van der Waals surface area (Å²) >= 11 is 3.16. The average molecular weight is 480 g/mol.